The van der Waals surface area contributed by atoms with Crippen LogP contribution in [-0.2, 0) is 47.0 Å². The molecule has 0 saturated heterocycles. The first-order valence-corrected chi connectivity index (χ1v) is 14.1. The lowest BCUT2D eigenvalue weighted by molar-refractivity contribution is -0.185. The molecule has 0 fully saturated rings. The fraction of sp³-hybridized carbons (Fsp3) is 0.200. The minimum Gasteiger partial charge on any atom is -0.456 e. The highest BCUT2D eigenvalue weighted by Crippen LogP contribution is 2.19. The van der Waals surface area contributed by atoms with E-state index in [1.165, 1.54) is 13.8 Å². The summed E-state index contributed by atoms with van der Waals surface area (Å²) in [7, 11) is -4.09. The summed E-state index contributed by atoms with van der Waals surface area (Å²) < 4.78 is 34.2. The number of rotatable bonds is 16. The number of hydrogen-bond acceptors (Lipinski definition) is 10. The normalized spacial score (nSPS) is 12.1. The van der Waals surface area contributed by atoms with Crippen LogP contribution in [0.25, 0.3) is 0 Å². The van der Waals surface area contributed by atoms with Crippen molar-refractivity contribution in [1.29, 1.82) is 0 Å². The van der Waals surface area contributed by atoms with Gasteiger partial charge < -0.3 is 27.8 Å². The topological polar surface area (TPSA) is 124 Å². The Morgan fingerprint density at radius 3 is 1.32 bits per heavy atom. The van der Waals surface area contributed by atoms with Crippen molar-refractivity contribution >= 4 is 42.8 Å². The van der Waals surface area contributed by atoms with E-state index in [0.717, 1.165) is 12.2 Å². The first kappa shape index (κ1) is 32.6. The van der Waals surface area contributed by atoms with Gasteiger partial charge in [-0.15, -0.1) is 0 Å². The van der Waals surface area contributed by atoms with Crippen molar-refractivity contribution < 1.29 is 47.0 Å². The molecule has 0 bridgehead atoms. The van der Waals surface area contributed by atoms with Crippen molar-refractivity contribution in [3.63, 3.8) is 0 Å². The van der Waals surface area contributed by atoms with E-state index in [0.29, 0.717) is 10.4 Å². The van der Waals surface area contributed by atoms with E-state index in [1.54, 1.807) is 60.7 Å². The molecule has 216 valence electrons. The third-order valence-corrected chi connectivity index (χ3v) is 8.51. The Balaban J connectivity index is 2.72. The summed E-state index contributed by atoms with van der Waals surface area (Å²) >= 11 is 0. The summed E-state index contributed by atoms with van der Waals surface area (Å²) in [5, 5.41) is 0.980. The molecule has 2 aromatic rings. The molecule has 0 amide bonds. The Morgan fingerprint density at radius 2 is 1.02 bits per heavy atom. The maximum absolute atomic E-state index is 12.5. The summed E-state index contributed by atoms with van der Waals surface area (Å²) in [5.41, 5.74) is 0.122. The monoisotopic (exact) mass is 580 g/mol. The molecule has 11 heteroatoms. The zero-order valence-electron chi connectivity index (χ0n) is 22.9. The molecule has 0 N–H and O–H groups in total. The third kappa shape index (κ3) is 9.83. The molecule has 2 atom stereocenters. The van der Waals surface area contributed by atoms with Crippen molar-refractivity contribution in [3.8, 4) is 0 Å². The first-order chi connectivity index (χ1) is 19.5. The van der Waals surface area contributed by atoms with Gasteiger partial charge in [-0.3, -0.25) is 0 Å². The van der Waals surface area contributed by atoms with Gasteiger partial charge in [0.2, 0.25) is 12.6 Å². The molecular formula is C30H32O10Si. The van der Waals surface area contributed by atoms with Gasteiger partial charge in [0.25, 0.3) is 0 Å². The molecular weight excluding hydrogens is 548 g/mol. The van der Waals surface area contributed by atoms with Crippen LogP contribution in [-0.4, -0.2) is 58.2 Å². The number of carbonyl (C=O) groups is 4. The number of esters is 4. The van der Waals surface area contributed by atoms with Crippen LogP contribution < -0.4 is 10.4 Å². The lowest BCUT2D eigenvalue weighted by Crippen LogP contribution is -2.67. The van der Waals surface area contributed by atoms with Crippen molar-refractivity contribution in [2.75, 3.05) is 13.2 Å². The molecule has 0 radical (unpaired) electrons. The fourth-order valence-corrected chi connectivity index (χ4v) is 6.36. The Labute approximate surface area is 239 Å². The van der Waals surface area contributed by atoms with Gasteiger partial charge in [-0.2, -0.15) is 0 Å². The van der Waals surface area contributed by atoms with Gasteiger partial charge >= 0.3 is 32.4 Å². The molecule has 41 heavy (non-hydrogen) atoms. The summed E-state index contributed by atoms with van der Waals surface area (Å²) in [6.07, 6.45) is -1.14. The number of benzene rings is 2. The summed E-state index contributed by atoms with van der Waals surface area (Å²) in [6, 6.07) is 17.3. The minimum absolute atomic E-state index is 0.0610. The van der Waals surface area contributed by atoms with Gasteiger partial charge in [-0.25, -0.2) is 19.2 Å². The lowest BCUT2D eigenvalue weighted by Gasteiger charge is -2.36. The van der Waals surface area contributed by atoms with Crippen molar-refractivity contribution in [3.05, 3.63) is 110 Å². The van der Waals surface area contributed by atoms with Gasteiger partial charge in [0.1, 0.15) is 0 Å². The van der Waals surface area contributed by atoms with Gasteiger partial charge in [0.05, 0.1) is 0 Å². The van der Waals surface area contributed by atoms with Crippen molar-refractivity contribution in [2.45, 2.75) is 26.4 Å². The molecule has 0 aliphatic carbocycles. The second kappa shape index (κ2) is 15.9. The quantitative estimate of drug-likeness (QED) is 0.0962. The maximum Gasteiger partial charge on any atom is 0.412 e. The van der Waals surface area contributed by atoms with Crippen LogP contribution in [0.1, 0.15) is 13.8 Å². The molecule has 2 unspecified atom stereocenters. The predicted molar refractivity (Wildman–Crippen MR) is 152 cm³/mol. The zero-order valence-corrected chi connectivity index (χ0v) is 23.9. The van der Waals surface area contributed by atoms with Crippen LogP contribution >= 0.6 is 0 Å². The highest BCUT2D eigenvalue weighted by Gasteiger charge is 2.49. The highest BCUT2D eigenvalue weighted by atomic mass is 28.4. The Morgan fingerprint density at radius 1 is 0.683 bits per heavy atom. The fourth-order valence-electron chi connectivity index (χ4n) is 3.19. The first-order valence-electron chi connectivity index (χ1n) is 12.3. The smallest absolute Gasteiger partial charge is 0.412 e. The Bertz CT molecular complexity index is 1170. The summed E-state index contributed by atoms with van der Waals surface area (Å²) in [6.45, 7) is 15.7. The van der Waals surface area contributed by atoms with Gasteiger partial charge in [0.15, 0.2) is 13.2 Å². The average molecular weight is 581 g/mol. The molecule has 0 aromatic heterocycles. The predicted octanol–water partition coefficient (Wildman–Crippen LogP) is 2.63. The van der Waals surface area contributed by atoms with Crippen LogP contribution in [0.3, 0.4) is 0 Å². The second-order valence-electron chi connectivity index (χ2n) is 8.48. The SMILES string of the molecule is C=CC(=O)OCC(OC(=O)C(=C)C)O[Si](OC(COC(=O)C=C)OC(=O)C(=C)C)(c1ccccc1)c1ccccc1. The summed E-state index contributed by atoms with van der Waals surface area (Å²) in [4.78, 5) is 48.9. The Kier molecular flexibility index (Phi) is 12.6. The van der Waals surface area contributed by atoms with Crippen molar-refractivity contribution in [2.24, 2.45) is 0 Å². The third-order valence-electron chi connectivity index (χ3n) is 5.13. The van der Waals surface area contributed by atoms with E-state index in [-0.39, 0.29) is 11.1 Å². The standard InChI is InChI=1S/C30H32O10Si/c1-7-25(31)35-19-27(37-29(33)21(3)4)39-41(23-15-11-9-12-16-23,24-17-13-10-14-18-24)40-28(20-36-26(32)8-2)38-30(34)22(5)6/h7-18,27-28H,1-3,5,19-20H2,4,6H3. The van der Waals surface area contributed by atoms with Crippen LogP contribution in [0.4, 0.5) is 0 Å². The molecule has 0 spiro atoms. The zero-order chi connectivity index (χ0) is 30.4. The summed E-state index contributed by atoms with van der Waals surface area (Å²) in [5.74, 6) is -3.22. The molecule has 0 heterocycles. The van der Waals surface area contributed by atoms with Crippen LogP contribution in [0.5, 0.6) is 0 Å². The van der Waals surface area contributed by atoms with E-state index in [9.17, 15) is 19.2 Å². The highest BCUT2D eigenvalue weighted by molar-refractivity contribution is 6.92. The number of hydrogen-bond donors (Lipinski definition) is 0. The van der Waals surface area contributed by atoms with E-state index >= 15 is 0 Å². The van der Waals surface area contributed by atoms with E-state index in [1.807, 2.05) is 0 Å². The number of carbonyl (C=O) groups excluding carboxylic acids is 4. The molecule has 2 aromatic carbocycles. The Hall–Kier alpha value is -4.58. The molecule has 10 nitrogen and oxygen atoms in total. The second-order valence-corrected chi connectivity index (χ2v) is 11.3. The molecule has 0 saturated carbocycles. The van der Waals surface area contributed by atoms with Gasteiger partial charge in [0, 0.05) is 23.3 Å². The largest absolute Gasteiger partial charge is 0.456 e. The minimum atomic E-state index is -4.09. The van der Waals surface area contributed by atoms with E-state index in [2.05, 4.69) is 26.3 Å². The van der Waals surface area contributed by atoms with Crippen LogP contribution in [0.15, 0.2) is 110 Å². The van der Waals surface area contributed by atoms with E-state index < -0.39 is 58.2 Å². The van der Waals surface area contributed by atoms with Crippen LogP contribution in [0.2, 0.25) is 0 Å². The van der Waals surface area contributed by atoms with E-state index in [4.69, 9.17) is 27.8 Å². The molecule has 2 rings (SSSR count). The number of ether oxygens (including phenoxy) is 4. The van der Waals surface area contributed by atoms with Gasteiger partial charge in [-0.1, -0.05) is 87.0 Å². The maximum atomic E-state index is 12.5. The average Bonchev–Trinajstić information content (AvgIpc) is 2.98. The molecule has 0 aliphatic rings. The lowest BCUT2D eigenvalue weighted by atomic mass is 10.4. The van der Waals surface area contributed by atoms with Crippen molar-refractivity contribution in [1.82, 2.24) is 0 Å². The molecule has 0 aliphatic heterocycles. The van der Waals surface area contributed by atoms with Crippen LogP contribution in [0, 0.1) is 0 Å². The van der Waals surface area contributed by atoms with Gasteiger partial charge in [-0.05, 0) is 24.2 Å².